The Balaban J connectivity index is 1.46. The molecular weight excluding hydrogens is 328 g/mol. The maximum Gasteiger partial charge on any atom is 0.317 e. The zero-order valence-electron chi connectivity index (χ0n) is 15.5. The maximum absolute atomic E-state index is 12.5. The fourth-order valence-electron chi connectivity index (χ4n) is 4.03. The normalized spacial score (nSPS) is 19.8. The largest absolute Gasteiger partial charge is 0.366 e. The molecule has 3 amide bonds. The van der Waals surface area contributed by atoms with Crippen LogP contribution in [0.3, 0.4) is 0 Å². The van der Waals surface area contributed by atoms with E-state index < -0.39 is 5.91 Å². The summed E-state index contributed by atoms with van der Waals surface area (Å²) in [4.78, 5) is 28.1. The van der Waals surface area contributed by atoms with E-state index in [4.69, 9.17) is 5.73 Å². The summed E-state index contributed by atoms with van der Waals surface area (Å²) in [5, 5.41) is 2.99. The van der Waals surface area contributed by atoms with Crippen LogP contribution in [0.15, 0.2) is 24.3 Å². The molecule has 2 aliphatic rings. The lowest BCUT2D eigenvalue weighted by atomic mass is 9.94. The number of amides is 3. The van der Waals surface area contributed by atoms with Gasteiger partial charge in [0.15, 0.2) is 0 Å². The lowest BCUT2D eigenvalue weighted by Gasteiger charge is -2.33. The Bertz CT molecular complexity index is 611. The quantitative estimate of drug-likeness (QED) is 0.867. The van der Waals surface area contributed by atoms with Gasteiger partial charge < -0.3 is 16.0 Å². The summed E-state index contributed by atoms with van der Waals surface area (Å²) in [5.41, 5.74) is 6.69. The molecule has 0 unspecified atom stereocenters. The molecule has 3 N–H and O–H groups in total. The van der Waals surface area contributed by atoms with E-state index in [2.05, 4.69) is 10.2 Å². The minimum absolute atomic E-state index is 0.00512. The van der Waals surface area contributed by atoms with Gasteiger partial charge in [0.1, 0.15) is 0 Å². The molecule has 3 rings (SSSR count). The number of urea groups is 1. The zero-order chi connectivity index (χ0) is 18.4. The van der Waals surface area contributed by atoms with Crippen LogP contribution < -0.4 is 11.1 Å². The molecule has 0 aromatic heterocycles. The molecule has 1 aliphatic carbocycles. The first kappa shape index (κ1) is 18.7. The van der Waals surface area contributed by atoms with Crippen LogP contribution in [0.5, 0.6) is 0 Å². The third-order valence-corrected chi connectivity index (χ3v) is 5.59. The number of carbonyl (C=O) groups is 2. The molecule has 0 bridgehead atoms. The summed E-state index contributed by atoms with van der Waals surface area (Å²) in [6, 6.07) is 7.75. The molecule has 0 atom stereocenters. The van der Waals surface area contributed by atoms with Gasteiger partial charge in [-0.1, -0.05) is 31.4 Å². The van der Waals surface area contributed by atoms with Crippen molar-refractivity contribution in [3.8, 4) is 0 Å². The van der Waals surface area contributed by atoms with Gasteiger partial charge in [-0.2, -0.15) is 0 Å². The van der Waals surface area contributed by atoms with E-state index in [1.54, 1.807) is 12.1 Å². The van der Waals surface area contributed by atoms with Crippen LogP contribution in [-0.2, 0) is 6.54 Å². The Labute approximate surface area is 155 Å². The van der Waals surface area contributed by atoms with Crippen molar-refractivity contribution in [1.29, 1.82) is 0 Å². The molecule has 1 aromatic rings. The number of nitrogens with two attached hydrogens (primary N) is 1. The average molecular weight is 358 g/mol. The monoisotopic (exact) mass is 358 g/mol. The molecule has 0 radical (unpaired) electrons. The van der Waals surface area contributed by atoms with E-state index >= 15 is 0 Å². The summed E-state index contributed by atoms with van der Waals surface area (Å²) >= 11 is 0. The highest BCUT2D eigenvalue weighted by atomic mass is 16.2. The van der Waals surface area contributed by atoms with E-state index in [0.29, 0.717) is 12.1 Å². The highest BCUT2D eigenvalue weighted by Gasteiger charge is 2.25. The molecule has 0 spiro atoms. The Morgan fingerprint density at radius 1 is 0.962 bits per heavy atom. The van der Waals surface area contributed by atoms with E-state index in [1.165, 1.54) is 32.1 Å². The molecule has 1 heterocycles. The number of nitrogens with one attached hydrogen (secondary N) is 1. The van der Waals surface area contributed by atoms with Crippen LogP contribution >= 0.6 is 0 Å². The SMILES string of the molecule is NC(=O)c1ccc(CNC(=O)N2CCCN(C3CCCCC3)CC2)cc1. The van der Waals surface area contributed by atoms with Crippen LogP contribution in [0, 0.1) is 0 Å². The Kier molecular flexibility index (Phi) is 6.50. The second kappa shape index (κ2) is 9.03. The van der Waals surface area contributed by atoms with Gasteiger partial charge in [-0.3, -0.25) is 9.69 Å². The number of primary amides is 1. The first-order valence-electron chi connectivity index (χ1n) is 9.79. The van der Waals surface area contributed by atoms with Crippen LogP contribution in [0.4, 0.5) is 4.79 Å². The molecule has 142 valence electrons. The Morgan fingerprint density at radius 3 is 2.38 bits per heavy atom. The molecule has 1 aromatic carbocycles. The summed E-state index contributed by atoms with van der Waals surface area (Å²) in [6.07, 6.45) is 7.73. The maximum atomic E-state index is 12.5. The standard InChI is InChI=1S/C20H30N4O2/c21-19(25)17-9-7-16(8-10-17)15-22-20(26)24-12-4-11-23(13-14-24)18-5-2-1-3-6-18/h7-10,18H,1-6,11-15H2,(H2,21,25)(H,22,26). The highest BCUT2D eigenvalue weighted by Crippen LogP contribution is 2.23. The Morgan fingerprint density at radius 2 is 1.69 bits per heavy atom. The minimum atomic E-state index is -0.437. The van der Waals surface area contributed by atoms with Crippen LogP contribution in [0.1, 0.15) is 54.4 Å². The molecule has 1 aliphatic heterocycles. The van der Waals surface area contributed by atoms with E-state index in [1.807, 2.05) is 17.0 Å². The van der Waals surface area contributed by atoms with Gasteiger partial charge in [0.25, 0.3) is 0 Å². The van der Waals surface area contributed by atoms with Crippen molar-refractivity contribution in [2.24, 2.45) is 5.73 Å². The highest BCUT2D eigenvalue weighted by molar-refractivity contribution is 5.92. The van der Waals surface area contributed by atoms with Gasteiger partial charge in [-0.15, -0.1) is 0 Å². The van der Waals surface area contributed by atoms with Crippen molar-refractivity contribution in [3.05, 3.63) is 35.4 Å². The van der Waals surface area contributed by atoms with E-state index in [0.717, 1.165) is 44.2 Å². The molecule has 2 fully saturated rings. The second-order valence-corrected chi connectivity index (χ2v) is 7.39. The third kappa shape index (κ3) is 4.97. The van der Waals surface area contributed by atoms with Crippen LogP contribution in [0.25, 0.3) is 0 Å². The molecular formula is C20H30N4O2. The summed E-state index contributed by atoms with van der Waals surface area (Å²) < 4.78 is 0. The van der Waals surface area contributed by atoms with Gasteiger partial charge in [0, 0.05) is 44.3 Å². The molecule has 1 saturated heterocycles. The number of hydrogen-bond acceptors (Lipinski definition) is 3. The number of rotatable bonds is 4. The van der Waals surface area contributed by atoms with Gasteiger partial charge in [-0.25, -0.2) is 4.79 Å². The van der Waals surface area contributed by atoms with Crippen molar-refractivity contribution >= 4 is 11.9 Å². The van der Waals surface area contributed by atoms with Crippen molar-refractivity contribution in [3.63, 3.8) is 0 Å². The van der Waals surface area contributed by atoms with Crippen LogP contribution in [-0.4, -0.2) is 54.0 Å². The fraction of sp³-hybridized carbons (Fsp3) is 0.600. The van der Waals surface area contributed by atoms with E-state index in [9.17, 15) is 9.59 Å². The topological polar surface area (TPSA) is 78.7 Å². The number of nitrogens with zero attached hydrogens (tertiary/aromatic N) is 2. The first-order valence-corrected chi connectivity index (χ1v) is 9.79. The number of carbonyl (C=O) groups excluding carboxylic acids is 2. The van der Waals surface area contributed by atoms with Crippen LogP contribution in [0.2, 0.25) is 0 Å². The number of hydrogen-bond donors (Lipinski definition) is 2. The van der Waals surface area contributed by atoms with Crippen molar-refractivity contribution in [1.82, 2.24) is 15.1 Å². The third-order valence-electron chi connectivity index (χ3n) is 5.59. The molecule has 6 heteroatoms. The van der Waals surface area contributed by atoms with Gasteiger partial charge in [-0.05, 0) is 37.0 Å². The second-order valence-electron chi connectivity index (χ2n) is 7.39. The molecule has 26 heavy (non-hydrogen) atoms. The predicted octanol–water partition coefficient (Wildman–Crippen LogP) is 2.34. The predicted molar refractivity (Wildman–Crippen MR) is 102 cm³/mol. The van der Waals surface area contributed by atoms with Crippen molar-refractivity contribution in [2.75, 3.05) is 26.2 Å². The van der Waals surface area contributed by atoms with Gasteiger partial charge >= 0.3 is 6.03 Å². The van der Waals surface area contributed by atoms with Crippen molar-refractivity contribution < 1.29 is 9.59 Å². The summed E-state index contributed by atoms with van der Waals surface area (Å²) in [5.74, 6) is -0.437. The van der Waals surface area contributed by atoms with Gasteiger partial charge in [0.2, 0.25) is 5.91 Å². The molecule has 6 nitrogen and oxygen atoms in total. The average Bonchev–Trinajstić information content (AvgIpc) is 2.93. The lowest BCUT2D eigenvalue weighted by Crippen LogP contribution is -2.43. The van der Waals surface area contributed by atoms with Crippen molar-refractivity contribution in [2.45, 2.75) is 51.1 Å². The number of benzene rings is 1. The fourth-order valence-corrected chi connectivity index (χ4v) is 4.03. The van der Waals surface area contributed by atoms with Gasteiger partial charge in [0.05, 0.1) is 0 Å². The first-order chi connectivity index (χ1) is 12.6. The van der Waals surface area contributed by atoms with E-state index in [-0.39, 0.29) is 6.03 Å². The zero-order valence-corrected chi connectivity index (χ0v) is 15.5. The lowest BCUT2D eigenvalue weighted by molar-refractivity contribution is 0.1000. The minimum Gasteiger partial charge on any atom is -0.366 e. The Hall–Kier alpha value is -2.08. The molecule has 1 saturated carbocycles. The summed E-state index contributed by atoms with van der Waals surface area (Å²) in [6.45, 7) is 4.15. The smallest absolute Gasteiger partial charge is 0.317 e. The summed E-state index contributed by atoms with van der Waals surface area (Å²) in [7, 11) is 0.